The first kappa shape index (κ1) is 42.0. The number of hydrogen-bond donors (Lipinski definition) is 4. The second kappa shape index (κ2) is 16.3. The van der Waals surface area contributed by atoms with Gasteiger partial charge in [-0.15, -0.1) is 0 Å². The summed E-state index contributed by atoms with van der Waals surface area (Å²) < 4.78 is 56.4. The molecule has 6 rings (SSSR count). The highest BCUT2D eigenvalue weighted by Gasteiger charge is 2.52. The number of nitriles is 1. The van der Waals surface area contributed by atoms with Crippen molar-refractivity contribution in [3.8, 4) is 6.07 Å². The number of amides is 7. The van der Waals surface area contributed by atoms with Crippen molar-refractivity contribution in [1.29, 1.82) is 5.26 Å². The van der Waals surface area contributed by atoms with Gasteiger partial charge in [0.2, 0.25) is 17.7 Å². The molecule has 3 heterocycles. The van der Waals surface area contributed by atoms with Crippen LogP contribution in [0.4, 0.5) is 34.6 Å². The van der Waals surface area contributed by atoms with Gasteiger partial charge in [0, 0.05) is 24.2 Å². The molecule has 0 radical (unpaired) electrons. The largest absolute Gasteiger partial charge is 0.420 e. The molecule has 0 aromatic heterocycles. The van der Waals surface area contributed by atoms with Crippen molar-refractivity contribution in [2.75, 3.05) is 34.8 Å². The Morgan fingerprint density at radius 1 is 0.983 bits per heavy atom. The van der Waals surface area contributed by atoms with Gasteiger partial charge in [-0.1, -0.05) is 6.07 Å². The van der Waals surface area contributed by atoms with Gasteiger partial charge in [-0.3, -0.25) is 48.7 Å². The van der Waals surface area contributed by atoms with Crippen LogP contribution >= 0.6 is 12.2 Å². The normalized spacial score (nSPS) is 17.6. The number of alkyl halides is 3. The third-order valence-corrected chi connectivity index (χ3v) is 10.3. The van der Waals surface area contributed by atoms with Gasteiger partial charge in [0.15, 0.2) is 10.9 Å². The Morgan fingerprint density at radius 3 is 2.34 bits per heavy atom. The van der Waals surface area contributed by atoms with Crippen molar-refractivity contribution in [3.05, 3.63) is 88.2 Å². The first-order chi connectivity index (χ1) is 27.9. The van der Waals surface area contributed by atoms with Crippen molar-refractivity contribution >= 4 is 75.7 Å². The number of nitrogens with one attached hydrogen (secondary N) is 4. The van der Waals surface area contributed by atoms with Crippen LogP contribution in [0.3, 0.4) is 0 Å². The number of imide groups is 2. The molecule has 0 bridgehead atoms. The predicted molar refractivity (Wildman–Crippen MR) is 205 cm³/mol. The quantitative estimate of drug-likeness (QED) is 0.0896. The number of piperidine rings is 1. The summed E-state index contributed by atoms with van der Waals surface area (Å²) in [5, 5.41) is 19.3. The van der Waals surface area contributed by atoms with Gasteiger partial charge in [0.05, 0.1) is 40.7 Å². The maximum Gasteiger partial charge on any atom is 0.420 e. The maximum absolute atomic E-state index is 15.3. The fraction of sp³-hybridized carbons (Fsp3) is 0.308. The molecule has 7 amide bonds. The summed E-state index contributed by atoms with van der Waals surface area (Å²) in [5.74, 6) is -6.25. The van der Waals surface area contributed by atoms with Gasteiger partial charge in [0.25, 0.3) is 23.6 Å². The molecule has 4 N–H and O–H groups in total. The monoisotopic (exact) mass is 834 g/mol. The van der Waals surface area contributed by atoms with Crippen LogP contribution in [0.1, 0.15) is 81.7 Å². The van der Waals surface area contributed by atoms with E-state index in [1.165, 1.54) is 67.3 Å². The minimum atomic E-state index is -5.22. The number of carbonyl (C=O) groups is 7. The van der Waals surface area contributed by atoms with Crippen LogP contribution in [0.2, 0.25) is 0 Å². The zero-order chi connectivity index (χ0) is 43.0. The Morgan fingerprint density at radius 2 is 1.68 bits per heavy atom. The van der Waals surface area contributed by atoms with E-state index >= 15 is 4.39 Å². The molecule has 1 atom stereocenters. The van der Waals surface area contributed by atoms with E-state index in [1.54, 1.807) is 0 Å². The molecule has 59 heavy (non-hydrogen) atoms. The molecule has 0 saturated carbocycles. The number of rotatable bonds is 12. The first-order valence-electron chi connectivity index (χ1n) is 18.1. The average Bonchev–Trinajstić information content (AvgIpc) is 3.53. The molecule has 3 aromatic carbocycles. The number of nitrogens with zero attached hydrogens (tertiary/aromatic N) is 4. The van der Waals surface area contributed by atoms with E-state index in [2.05, 4.69) is 21.3 Å². The molecule has 15 nitrogen and oxygen atoms in total. The van der Waals surface area contributed by atoms with Crippen molar-refractivity contribution in [2.24, 2.45) is 0 Å². The molecule has 306 valence electrons. The first-order valence-corrected chi connectivity index (χ1v) is 18.5. The summed E-state index contributed by atoms with van der Waals surface area (Å²) in [4.78, 5) is 92.0. The number of thiocarbonyl (C=S) groups is 1. The van der Waals surface area contributed by atoms with Gasteiger partial charge in [-0.05, 0) is 100 Å². The van der Waals surface area contributed by atoms with Crippen molar-refractivity contribution < 1.29 is 51.1 Å². The van der Waals surface area contributed by atoms with Crippen molar-refractivity contribution in [3.63, 3.8) is 0 Å². The highest BCUT2D eigenvalue weighted by atomic mass is 32.1. The zero-order valence-electron chi connectivity index (χ0n) is 31.3. The smallest absolute Gasteiger partial charge is 0.352 e. The fourth-order valence-electron chi connectivity index (χ4n) is 7.01. The molecule has 20 heteroatoms. The van der Waals surface area contributed by atoms with E-state index in [9.17, 15) is 46.7 Å². The topological polar surface area (TPSA) is 201 Å². The fourth-order valence-corrected chi connectivity index (χ4v) is 7.52. The van der Waals surface area contributed by atoms with E-state index in [0.29, 0.717) is 30.0 Å². The lowest BCUT2D eigenvalue weighted by molar-refractivity contribution is -0.140. The SMILES string of the molecule is CC1(C)C(=O)N(c2ccc(C#N)c(C(F)(F)F)c2F)C(=S)N1c1ccc(C(=O)NCCCCNCC(=O)Nc2cccc3c2C(=O)N(C2CCC(=O)NC2=O)C3=O)cc1. The van der Waals surface area contributed by atoms with Crippen LogP contribution < -0.4 is 31.1 Å². The summed E-state index contributed by atoms with van der Waals surface area (Å²) in [6.07, 6.45) is -4.18. The van der Waals surface area contributed by atoms with E-state index < -0.39 is 81.7 Å². The van der Waals surface area contributed by atoms with Gasteiger partial charge in [0.1, 0.15) is 17.1 Å². The molecular weight excluding hydrogens is 801 g/mol. The van der Waals surface area contributed by atoms with Crippen LogP contribution in [0.15, 0.2) is 54.6 Å². The third kappa shape index (κ3) is 7.98. The summed E-state index contributed by atoms with van der Waals surface area (Å²) in [5.41, 5.74) is -4.37. The van der Waals surface area contributed by atoms with Crippen LogP contribution in [-0.2, 0) is 25.4 Å². The molecule has 0 spiro atoms. The second-order valence-electron chi connectivity index (χ2n) is 14.2. The number of fused-ring (bicyclic) bond motifs is 1. The Balaban J connectivity index is 0.970. The highest BCUT2D eigenvalue weighted by molar-refractivity contribution is 7.81. The van der Waals surface area contributed by atoms with Crippen LogP contribution in [0, 0.1) is 17.1 Å². The molecule has 0 aliphatic carbocycles. The van der Waals surface area contributed by atoms with Crippen molar-refractivity contribution in [2.45, 2.75) is 57.3 Å². The van der Waals surface area contributed by atoms with Crippen molar-refractivity contribution in [1.82, 2.24) is 20.9 Å². The average molecular weight is 835 g/mol. The number of unbranched alkanes of at least 4 members (excludes halogenated alkanes) is 1. The Kier molecular flexibility index (Phi) is 11.6. The minimum absolute atomic E-state index is 0.00701. The molecule has 3 aliphatic rings. The molecule has 3 aliphatic heterocycles. The number of benzene rings is 3. The lowest BCUT2D eigenvalue weighted by atomic mass is 10.0. The van der Waals surface area contributed by atoms with E-state index in [-0.39, 0.29) is 53.4 Å². The number of hydrogen-bond acceptors (Lipinski definition) is 10. The summed E-state index contributed by atoms with van der Waals surface area (Å²) in [7, 11) is 0. The number of halogens is 4. The number of carbonyl (C=O) groups excluding carboxylic acids is 7. The molecule has 1 unspecified atom stereocenters. The van der Waals surface area contributed by atoms with Crippen LogP contribution in [0.5, 0.6) is 0 Å². The van der Waals surface area contributed by atoms with Gasteiger partial charge in [-0.2, -0.15) is 18.4 Å². The van der Waals surface area contributed by atoms with E-state index in [1.807, 2.05) is 0 Å². The minimum Gasteiger partial charge on any atom is -0.352 e. The second-order valence-corrected chi connectivity index (χ2v) is 14.5. The summed E-state index contributed by atoms with van der Waals surface area (Å²) in [6.45, 7) is 3.43. The number of anilines is 3. The van der Waals surface area contributed by atoms with Gasteiger partial charge < -0.3 is 20.9 Å². The van der Waals surface area contributed by atoms with Crippen LogP contribution in [0.25, 0.3) is 0 Å². The Bertz CT molecular complexity index is 2360. The molecule has 2 fully saturated rings. The maximum atomic E-state index is 15.3. The molecule has 2 saturated heterocycles. The third-order valence-electron chi connectivity index (χ3n) is 9.92. The Labute approximate surface area is 338 Å². The zero-order valence-corrected chi connectivity index (χ0v) is 32.1. The van der Waals surface area contributed by atoms with E-state index in [4.69, 9.17) is 17.5 Å². The lowest BCUT2D eigenvalue weighted by Gasteiger charge is -2.29. The standard InChI is InChI=1S/C39H34F4N8O7S/c1-38(2)36(58)50(25-13-10-21(18-44)30(31(25)40)39(41,42)43)37(59)51(38)22-11-8-20(9-12-22)32(54)46-17-4-3-16-45-19-28(53)47-24-7-5-6-23-29(24)35(57)49(34(23)56)26-14-15-27(52)48-33(26)55/h5-13,26,45H,3-4,14-17,19H2,1-2H3,(H,46,54)(H,47,53)(H,48,52,55). The highest BCUT2D eigenvalue weighted by Crippen LogP contribution is 2.42. The van der Waals surface area contributed by atoms with Gasteiger partial charge in [-0.25, -0.2) is 4.39 Å². The molecule has 3 aromatic rings. The summed E-state index contributed by atoms with van der Waals surface area (Å²) >= 11 is 5.46. The van der Waals surface area contributed by atoms with Crippen LogP contribution in [-0.4, -0.2) is 82.6 Å². The summed E-state index contributed by atoms with van der Waals surface area (Å²) in [6, 6.07) is 12.1. The lowest BCUT2D eigenvalue weighted by Crippen LogP contribution is -2.54. The Hall–Kier alpha value is -6.59. The van der Waals surface area contributed by atoms with E-state index in [0.717, 1.165) is 17.0 Å². The molecular formula is C39H34F4N8O7S. The predicted octanol–water partition coefficient (Wildman–Crippen LogP) is 3.77. The van der Waals surface area contributed by atoms with Gasteiger partial charge >= 0.3 is 6.18 Å².